The van der Waals surface area contributed by atoms with E-state index >= 15 is 0 Å². The average molecular weight is 350 g/mol. The molecule has 0 radical (unpaired) electrons. The minimum Gasteiger partial charge on any atom is -0.466 e. The predicted molar refractivity (Wildman–Crippen MR) is 90.2 cm³/mol. The maximum absolute atomic E-state index is 12.9. The van der Waals surface area contributed by atoms with Crippen LogP contribution in [-0.2, 0) is 9.53 Å². The Morgan fingerprint density at radius 2 is 2.08 bits per heavy atom. The van der Waals surface area contributed by atoms with Crippen LogP contribution in [0, 0.1) is 12.8 Å². The number of piperidine rings is 1. The lowest BCUT2D eigenvalue weighted by Gasteiger charge is -2.30. The van der Waals surface area contributed by atoms with E-state index in [0.717, 1.165) is 0 Å². The Morgan fingerprint density at radius 3 is 2.75 bits per heavy atom. The summed E-state index contributed by atoms with van der Waals surface area (Å²) in [4.78, 5) is 30.9. The second-order valence-electron chi connectivity index (χ2n) is 5.94. The molecule has 0 bridgehead atoms. The first-order valence-electron chi connectivity index (χ1n) is 8.11. The SMILES string of the molecule is CCOC(=O)C1CCN(C(=O)c2c(C)nc3cc(Cl)ccn23)CC1. The molecule has 24 heavy (non-hydrogen) atoms. The maximum Gasteiger partial charge on any atom is 0.309 e. The highest BCUT2D eigenvalue weighted by Gasteiger charge is 2.30. The van der Waals surface area contributed by atoms with E-state index in [1.165, 1.54) is 0 Å². The number of pyridine rings is 1. The first-order chi connectivity index (χ1) is 11.5. The normalized spacial score (nSPS) is 15.7. The summed E-state index contributed by atoms with van der Waals surface area (Å²) < 4.78 is 6.83. The van der Waals surface area contributed by atoms with Crippen LogP contribution in [0.2, 0.25) is 5.02 Å². The molecule has 0 spiro atoms. The van der Waals surface area contributed by atoms with Gasteiger partial charge in [0.1, 0.15) is 11.3 Å². The molecule has 0 saturated carbocycles. The third-order valence-electron chi connectivity index (χ3n) is 4.37. The van der Waals surface area contributed by atoms with Crippen molar-refractivity contribution in [3.8, 4) is 0 Å². The quantitative estimate of drug-likeness (QED) is 0.799. The van der Waals surface area contributed by atoms with Crippen molar-refractivity contribution in [1.82, 2.24) is 14.3 Å². The summed E-state index contributed by atoms with van der Waals surface area (Å²) in [5.41, 5.74) is 1.88. The van der Waals surface area contributed by atoms with Crippen molar-refractivity contribution >= 4 is 29.1 Å². The van der Waals surface area contributed by atoms with Crippen molar-refractivity contribution in [2.45, 2.75) is 26.7 Å². The number of rotatable bonds is 3. The molecule has 3 heterocycles. The molecule has 6 nitrogen and oxygen atoms in total. The summed E-state index contributed by atoms with van der Waals surface area (Å²) >= 11 is 5.99. The van der Waals surface area contributed by atoms with Crippen LogP contribution < -0.4 is 0 Å². The summed E-state index contributed by atoms with van der Waals surface area (Å²) in [6.07, 6.45) is 3.02. The molecule has 3 rings (SSSR count). The number of aromatic nitrogens is 2. The Kier molecular flexibility index (Phi) is 4.76. The summed E-state index contributed by atoms with van der Waals surface area (Å²) in [7, 11) is 0. The topological polar surface area (TPSA) is 63.9 Å². The van der Waals surface area contributed by atoms with Crippen LogP contribution in [0.5, 0.6) is 0 Å². The number of hydrogen-bond acceptors (Lipinski definition) is 4. The van der Waals surface area contributed by atoms with Gasteiger partial charge in [0, 0.05) is 30.4 Å². The molecule has 0 N–H and O–H groups in total. The fourth-order valence-electron chi connectivity index (χ4n) is 3.12. The van der Waals surface area contributed by atoms with E-state index in [-0.39, 0.29) is 17.8 Å². The van der Waals surface area contributed by atoms with E-state index in [9.17, 15) is 9.59 Å². The van der Waals surface area contributed by atoms with Gasteiger partial charge in [-0.1, -0.05) is 11.6 Å². The highest BCUT2D eigenvalue weighted by atomic mass is 35.5. The number of nitrogens with zero attached hydrogens (tertiary/aromatic N) is 3. The van der Waals surface area contributed by atoms with Crippen molar-refractivity contribution < 1.29 is 14.3 Å². The van der Waals surface area contributed by atoms with Gasteiger partial charge in [-0.15, -0.1) is 0 Å². The number of likely N-dealkylation sites (tertiary alicyclic amines) is 1. The summed E-state index contributed by atoms with van der Waals surface area (Å²) in [5.74, 6) is -0.342. The van der Waals surface area contributed by atoms with Gasteiger partial charge in [-0.2, -0.15) is 0 Å². The summed E-state index contributed by atoms with van der Waals surface area (Å²) in [5, 5.41) is 0.585. The van der Waals surface area contributed by atoms with E-state index in [4.69, 9.17) is 16.3 Å². The zero-order valence-corrected chi connectivity index (χ0v) is 14.5. The zero-order valence-electron chi connectivity index (χ0n) is 13.8. The molecule has 2 aromatic rings. The maximum atomic E-state index is 12.9. The molecule has 0 aromatic carbocycles. The molecule has 1 aliphatic rings. The van der Waals surface area contributed by atoms with Crippen LogP contribution in [0.15, 0.2) is 18.3 Å². The summed E-state index contributed by atoms with van der Waals surface area (Å²) in [6, 6.07) is 3.47. The molecule has 1 saturated heterocycles. The predicted octanol–water partition coefficient (Wildman–Crippen LogP) is 2.71. The molecule has 0 atom stereocenters. The van der Waals surface area contributed by atoms with Crippen LogP contribution in [0.25, 0.3) is 5.65 Å². The number of imidazole rings is 1. The number of carbonyl (C=O) groups excluding carboxylic acids is 2. The second kappa shape index (κ2) is 6.81. The third kappa shape index (κ3) is 3.11. The molecule has 2 aromatic heterocycles. The molecule has 7 heteroatoms. The molecule has 0 aliphatic carbocycles. The van der Waals surface area contributed by atoms with Crippen molar-refractivity contribution in [2.24, 2.45) is 5.92 Å². The van der Waals surface area contributed by atoms with Gasteiger partial charge in [-0.05, 0) is 32.8 Å². The van der Waals surface area contributed by atoms with Crippen LogP contribution in [0.3, 0.4) is 0 Å². The van der Waals surface area contributed by atoms with Crippen molar-refractivity contribution in [3.63, 3.8) is 0 Å². The van der Waals surface area contributed by atoms with Gasteiger partial charge >= 0.3 is 5.97 Å². The minimum atomic E-state index is -0.162. The number of amides is 1. The lowest BCUT2D eigenvalue weighted by molar-refractivity contribution is -0.149. The smallest absolute Gasteiger partial charge is 0.309 e. The van der Waals surface area contributed by atoms with E-state index < -0.39 is 0 Å². The lowest BCUT2D eigenvalue weighted by Crippen LogP contribution is -2.41. The van der Waals surface area contributed by atoms with Crippen molar-refractivity contribution in [2.75, 3.05) is 19.7 Å². The van der Waals surface area contributed by atoms with Gasteiger partial charge in [0.2, 0.25) is 0 Å². The highest BCUT2D eigenvalue weighted by molar-refractivity contribution is 6.30. The highest BCUT2D eigenvalue weighted by Crippen LogP contribution is 2.23. The van der Waals surface area contributed by atoms with Gasteiger partial charge in [0.25, 0.3) is 5.91 Å². The van der Waals surface area contributed by atoms with Gasteiger partial charge in [0.05, 0.1) is 18.2 Å². The van der Waals surface area contributed by atoms with Gasteiger partial charge in [-0.3, -0.25) is 14.0 Å². The standard InChI is InChI=1S/C17H20ClN3O3/c1-3-24-17(23)12-4-7-20(8-5-12)16(22)15-11(2)19-14-10-13(18)6-9-21(14)15/h6,9-10,12H,3-5,7-8H2,1-2H3. The van der Waals surface area contributed by atoms with Crippen LogP contribution in [0.4, 0.5) is 0 Å². The Bertz CT molecular complexity index is 779. The summed E-state index contributed by atoms with van der Waals surface area (Å²) in [6.45, 7) is 5.10. The molecule has 1 aliphatic heterocycles. The lowest BCUT2D eigenvalue weighted by atomic mass is 9.97. The first-order valence-corrected chi connectivity index (χ1v) is 8.49. The Morgan fingerprint density at radius 1 is 1.38 bits per heavy atom. The average Bonchev–Trinajstić information content (AvgIpc) is 2.89. The van der Waals surface area contributed by atoms with Gasteiger partial charge in [-0.25, -0.2) is 4.98 Å². The molecular weight excluding hydrogens is 330 g/mol. The van der Waals surface area contributed by atoms with E-state index in [1.807, 2.05) is 6.92 Å². The zero-order chi connectivity index (χ0) is 17.3. The van der Waals surface area contributed by atoms with Gasteiger partial charge < -0.3 is 9.64 Å². The van der Waals surface area contributed by atoms with E-state index in [2.05, 4.69) is 4.98 Å². The Balaban J connectivity index is 1.77. The third-order valence-corrected chi connectivity index (χ3v) is 4.60. The van der Waals surface area contributed by atoms with Crippen molar-refractivity contribution in [1.29, 1.82) is 0 Å². The number of aryl methyl sites for hydroxylation is 1. The number of halogens is 1. The molecule has 1 fully saturated rings. The van der Waals surface area contributed by atoms with Crippen LogP contribution in [-0.4, -0.2) is 45.9 Å². The van der Waals surface area contributed by atoms with Crippen LogP contribution >= 0.6 is 11.6 Å². The number of carbonyl (C=O) groups is 2. The number of ether oxygens (including phenoxy) is 1. The largest absolute Gasteiger partial charge is 0.466 e. The fraction of sp³-hybridized carbons (Fsp3) is 0.471. The van der Waals surface area contributed by atoms with E-state index in [0.29, 0.717) is 54.6 Å². The van der Waals surface area contributed by atoms with Crippen LogP contribution in [0.1, 0.15) is 35.9 Å². The van der Waals surface area contributed by atoms with E-state index in [1.54, 1.807) is 34.6 Å². The molecular formula is C17H20ClN3O3. The number of esters is 1. The minimum absolute atomic E-state index is 0.0652. The monoisotopic (exact) mass is 349 g/mol. The Labute approximate surface area is 145 Å². The molecule has 128 valence electrons. The molecule has 0 unspecified atom stereocenters. The molecule has 1 amide bonds. The number of fused-ring (bicyclic) bond motifs is 1. The first kappa shape index (κ1) is 16.8. The number of hydrogen-bond donors (Lipinski definition) is 0. The second-order valence-corrected chi connectivity index (χ2v) is 6.37. The fourth-order valence-corrected chi connectivity index (χ4v) is 3.28. The van der Waals surface area contributed by atoms with Gasteiger partial charge in [0.15, 0.2) is 0 Å². The van der Waals surface area contributed by atoms with Crippen molar-refractivity contribution in [3.05, 3.63) is 34.7 Å². The Hall–Kier alpha value is -2.08.